The number of halogens is 2. The number of aromatic nitrogens is 1. The minimum Gasteiger partial charge on any atom is -0.390 e. The molecule has 1 amide bonds. The number of pyridine rings is 1. The molecule has 1 aliphatic rings. The number of benzene rings is 2. The van der Waals surface area contributed by atoms with Gasteiger partial charge in [-0.25, -0.2) is 8.78 Å². The highest BCUT2D eigenvalue weighted by Crippen LogP contribution is 2.33. The van der Waals surface area contributed by atoms with Gasteiger partial charge in [-0.15, -0.1) is 0 Å². The van der Waals surface area contributed by atoms with E-state index in [0.29, 0.717) is 5.56 Å². The second-order valence-electron chi connectivity index (χ2n) is 8.84. The first-order chi connectivity index (χ1) is 16.4. The molecule has 1 heterocycles. The van der Waals surface area contributed by atoms with Gasteiger partial charge in [-0.1, -0.05) is 18.2 Å². The van der Waals surface area contributed by atoms with Crippen LogP contribution in [0.25, 0.3) is 11.3 Å². The van der Waals surface area contributed by atoms with Crippen molar-refractivity contribution in [2.75, 3.05) is 6.54 Å². The van der Waals surface area contributed by atoms with Crippen LogP contribution < -0.4 is 10.6 Å². The minimum atomic E-state index is -0.945. The number of aliphatic hydroxyl groups excluding tert-OH is 1. The summed E-state index contributed by atoms with van der Waals surface area (Å²) in [5.41, 5.74) is 4.77. The zero-order chi connectivity index (χ0) is 24.1. The Morgan fingerprint density at radius 3 is 2.65 bits per heavy atom. The summed E-state index contributed by atoms with van der Waals surface area (Å²) in [6.07, 6.45) is 3.89. The summed E-state index contributed by atoms with van der Waals surface area (Å²) >= 11 is 0. The van der Waals surface area contributed by atoms with Crippen LogP contribution >= 0.6 is 0 Å². The highest BCUT2D eigenvalue weighted by molar-refractivity contribution is 5.73. The molecule has 5 nitrogen and oxygen atoms in total. The average molecular weight is 466 g/mol. The summed E-state index contributed by atoms with van der Waals surface area (Å²) in [7, 11) is 0. The third-order valence-electron chi connectivity index (χ3n) is 6.23. The lowest BCUT2D eigenvalue weighted by molar-refractivity contribution is -0.120. The number of hydrogen-bond acceptors (Lipinski definition) is 4. The number of amides is 1. The molecule has 4 rings (SSSR count). The van der Waals surface area contributed by atoms with Crippen molar-refractivity contribution in [1.82, 2.24) is 15.6 Å². The number of aliphatic hydroxyl groups is 1. The van der Waals surface area contributed by atoms with Crippen LogP contribution in [0.5, 0.6) is 0 Å². The molecule has 3 aromatic rings. The summed E-state index contributed by atoms with van der Waals surface area (Å²) in [5, 5.41) is 17.1. The topological polar surface area (TPSA) is 74.2 Å². The third kappa shape index (κ3) is 6.04. The summed E-state index contributed by atoms with van der Waals surface area (Å²) in [5.74, 6) is -1.69. The molecule has 7 heteroatoms. The molecule has 1 aliphatic carbocycles. The number of rotatable bonds is 8. The third-order valence-corrected chi connectivity index (χ3v) is 6.23. The Morgan fingerprint density at radius 1 is 1.15 bits per heavy atom. The molecule has 178 valence electrons. The zero-order valence-corrected chi connectivity index (χ0v) is 19.1. The number of hydrogen-bond donors (Lipinski definition) is 3. The molecule has 0 radical (unpaired) electrons. The van der Waals surface area contributed by atoms with Gasteiger partial charge < -0.3 is 15.7 Å². The van der Waals surface area contributed by atoms with E-state index in [1.807, 2.05) is 18.2 Å². The van der Waals surface area contributed by atoms with Crippen molar-refractivity contribution < 1.29 is 18.7 Å². The SMILES string of the molecule is CC(=O)N[C@@H](Cc1cc(F)cc(F)c1)[C@H](O)CNC1CCCc2ccc(-c3ccccn3)cc21. The number of carbonyl (C=O) groups excluding carboxylic acids is 1. The molecule has 34 heavy (non-hydrogen) atoms. The largest absolute Gasteiger partial charge is 0.390 e. The lowest BCUT2D eigenvalue weighted by Crippen LogP contribution is -2.48. The van der Waals surface area contributed by atoms with Gasteiger partial charge in [0.15, 0.2) is 0 Å². The fourth-order valence-corrected chi connectivity index (χ4v) is 4.64. The van der Waals surface area contributed by atoms with Crippen LogP contribution in [0.15, 0.2) is 60.8 Å². The Hall–Kier alpha value is -3.16. The average Bonchev–Trinajstić information content (AvgIpc) is 2.81. The monoisotopic (exact) mass is 465 g/mol. The van der Waals surface area contributed by atoms with Crippen LogP contribution in [0, 0.1) is 11.6 Å². The fraction of sp³-hybridized carbons (Fsp3) is 0.333. The van der Waals surface area contributed by atoms with Crippen molar-refractivity contribution in [2.24, 2.45) is 0 Å². The normalized spacial score (nSPS) is 17.0. The maximum atomic E-state index is 13.6. The summed E-state index contributed by atoms with van der Waals surface area (Å²) in [4.78, 5) is 16.2. The first-order valence-corrected chi connectivity index (χ1v) is 11.6. The Bertz CT molecular complexity index is 1120. The molecule has 3 atom stereocenters. The molecule has 0 aliphatic heterocycles. The second kappa shape index (κ2) is 10.8. The second-order valence-corrected chi connectivity index (χ2v) is 8.84. The van der Waals surface area contributed by atoms with Crippen LogP contribution in [0.3, 0.4) is 0 Å². The van der Waals surface area contributed by atoms with Crippen LogP contribution in [0.1, 0.15) is 42.5 Å². The molecule has 0 saturated heterocycles. The summed E-state index contributed by atoms with van der Waals surface area (Å²) in [6.45, 7) is 1.58. The highest BCUT2D eigenvalue weighted by Gasteiger charge is 2.25. The van der Waals surface area contributed by atoms with E-state index < -0.39 is 23.8 Å². The van der Waals surface area contributed by atoms with E-state index in [0.717, 1.165) is 36.6 Å². The number of nitrogens with one attached hydrogen (secondary N) is 2. The van der Waals surface area contributed by atoms with Gasteiger partial charge in [0.2, 0.25) is 5.91 Å². The number of fused-ring (bicyclic) bond motifs is 1. The van der Waals surface area contributed by atoms with E-state index in [9.17, 15) is 18.7 Å². The summed E-state index contributed by atoms with van der Waals surface area (Å²) in [6, 6.07) is 14.8. The molecule has 1 unspecified atom stereocenters. The lowest BCUT2D eigenvalue weighted by atomic mass is 9.86. The molecule has 0 bridgehead atoms. The predicted molar refractivity (Wildman–Crippen MR) is 127 cm³/mol. The number of carbonyl (C=O) groups is 1. The quantitative estimate of drug-likeness (QED) is 0.468. The van der Waals surface area contributed by atoms with E-state index in [1.165, 1.54) is 30.2 Å². The van der Waals surface area contributed by atoms with Crippen molar-refractivity contribution in [3.63, 3.8) is 0 Å². The van der Waals surface area contributed by atoms with Crippen LogP contribution in [0.2, 0.25) is 0 Å². The van der Waals surface area contributed by atoms with Gasteiger partial charge in [0.25, 0.3) is 0 Å². The maximum absolute atomic E-state index is 13.6. The van der Waals surface area contributed by atoms with E-state index in [1.54, 1.807) is 6.20 Å². The standard InChI is InChI=1S/C27H29F2N3O2/c1-17(33)32-26(13-18-11-21(28)15-22(29)12-18)27(34)16-31-25-7-4-5-19-8-9-20(14-23(19)25)24-6-2-3-10-30-24/h2-3,6,8-12,14-15,25-27,31,34H,4-5,7,13,16H2,1H3,(H,32,33)/t25?,26-,27+/m0/s1. The van der Waals surface area contributed by atoms with Gasteiger partial charge in [-0.05, 0) is 72.7 Å². The van der Waals surface area contributed by atoms with E-state index >= 15 is 0 Å². The first kappa shape index (κ1) is 24.0. The molecule has 0 fully saturated rings. The van der Waals surface area contributed by atoms with Crippen LogP contribution in [-0.4, -0.2) is 34.7 Å². The smallest absolute Gasteiger partial charge is 0.217 e. The Morgan fingerprint density at radius 2 is 1.94 bits per heavy atom. The molecular formula is C27H29F2N3O2. The first-order valence-electron chi connectivity index (χ1n) is 11.6. The van der Waals surface area contributed by atoms with E-state index in [-0.39, 0.29) is 24.9 Å². The number of nitrogens with zero attached hydrogens (tertiary/aromatic N) is 1. The Kier molecular flexibility index (Phi) is 7.65. The maximum Gasteiger partial charge on any atom is 0.217 e. The zero-order valence-electron chi connectivity index (χ0n) is 19.1. The van der Waals surface area contributed by atoms with Gasteiger partial charge in [-0.2, -0.15) is 0 Å². The Balaban J connectivity index is 1.48. The lowest BCUT2D eigenvalue weighted by Gasteiger charge is -2.30. The summed E-state index contributed by atoms with van der Waals surface area (Å²) < 4.78 is 27.2. The van der Waals surface area contributed by atoms with Crippen molar-refractivity contribution in [3.05, 3.63) is 89.1 Å². The van der Waals surface area contributed by atoms with Crippen LogP contribution in [0.4, 0.5) is 8.78 Å². The molecular weight excluding hydrogens is 436 g/mol. The van der Waals surface area contributed by atoms with Crippen molar-refractivity contribution in [2.45, 2.75) is 50.8 Å². The molecule has 2 aromatic carbocycles. The molecule has 1 aromatic heterocycles. The molecule has 3 N–H and O–H groups in total. The van der Waals surface area contributed by atoms with Gasteiger partial charge in [0.05, 0.1) is 17.8 Å². The minimum absolute atomic E-state index is 0.0478. The van der Waals surface area contributed by atoms with Gasteiger partial charge >= 0.3 is 0 Å². The van der Waals surface area contributed by atoms with Gasteiger partial charge in [-0.3, -0.25) is 9.78 Å². The Labute approximate surface area is 198 Å². The van der Waals surface area contributed by atoms with E-state index in [4.69, 9.17) is 0 Å². The van der Waals surface area contributed by atoms with Crippen molar-refractivity contribution in [3.8, 4) is 11.3 Å². The number of aryl methyl sites for hydroxylation is 1. The fourth-order valence-electron chi connectivity index (χ4n) is 4.64. The van der Waals surface area contributed by atoms with Crippen molar-refractivity contribution in [1.29, 1.82) is 0 Å². The van der Waals surface area contributed by atoms with E-state index in [2.05, 4.69) is 33.8 Å². The predicted octanol–water partition coefficient (Wildman–Crippen LogP) is 4.10. The van der Waals surface area contributed by atoms with Gasteiger partial charge in [0, 0.05) is 37.3 Å². The van der Waals surface area contributed by atoms with Crippen LogP contribution in [-0.2, 0) is 17.6 Å². The molecule has 0 spiro atoms. The highest BCUT2D eigenvalue weighted by atomic mass is 19.1. The molecule has 0 saturated carbocycles. The van der Waals surface area contributed by atoms with Crippen molar-refractivity contribution >= 4 is 5.91 Å². The van der Waals surface area contributed by atoms with Gasteiger partial charge in [0.1, 0.15) is 11.6 Å².